The van der Waals surface area contributed by atoms with Crippen molar-refractivity contribution in [3.63, 3.8) is 0 Å². The number of para-hydroxylation sites is 1. The van der Waals surface area contributed by atoms with Crippen LogP contribution in [0.5, 0.6) is 0 Å². The van der Waals surface area contributed by atoms with Crippen molar-refractivity contribution in [1.82, 2.24) is 0 Å². The molecule has 3 heteroatoms. The Morgan fingerprint density at radius 2 is 2.07 bits per heavy atom. The molecule has 0 spiro atoms. The van der Waals surface area contributed by atoms with Gasteiger partial charge in [0, 0.05) is 5.69 Å². The monoisotopic (exact) mass is 205 g/mol. The Morgan fingerprint density at radius 1 is 1.40 bits per heavy atom. The molecular formula is C12H15NO2. The van der Waals surface area contributed by atoms with Gasteiger partial charge < -0.3 is 10.1 Å². The first-order valence-corrected chi connectivity index (χ1v) is 5.10. The number of hydrogen-bond donors (Lipinski definition) is 1. The van der Waals surface area contributed by atoms with Gasteiger partial charge in [0.05, 0.1) is 7.11 Å². The van der Waals surface area contributed by atoms with Gasteiger partial charge in [0.2, 0.25) is 0 Å². The lowest BCUT2D eigenvalue weighted by molar-refractivity contribution is -0.142. The van der Waals surface area contributed by atoms with Gasteiger partial charge in [0.15, 0.2) is 0 Å². The number of carbonyl (C=O) groups excluding carboxylic acids is 1. The summed E-state index contributed by atoms with van der Waals surface area (Å²) in [5.41, 5.74) is 1.70. The standard InChI is InChI=1S/C12H15NO2/c1-9-5-3-4-6-10(9)13-12(7-8-12)11(14)15-2/h3-6,13H,7-8H2,1-2H3. The van der Waals surface area contributed by atoms with Crippen LogP contribution < -0.4 is 5.32 Å². The normalized spacial score (nSPS) is 16.9. The second kappa shape index (κ2) is 3.57. The van der Waals surface area contributed by atoms with Gasteiger partial charge in [-0.2, -0.15) is 0 Å². The number of anilines is 1. The van der Waals surface area contributed by atoms with E-state index in [2.05, 4.69) is 5.32 Å². The van der Waals surface area contributed by atoms with Crippen molar-refractivity contribution in [2.75, 3.05) is 12.4 Å². The smallest absolute Gasteiger partial charge is 0.331 e. The van der Waals surface area contributed by atoms with E-state index in [1.807, 2.05) is 31.2 Å². The second-order valence-electron chi connectivity index (χ2n) is 4.01. The molecule has 15 heavy (non-hydrogen) atoms. The molecule has 0 aromatic heterocycles. The van der Waals surface area contributed by atoms with Crippen molar-refractivity contribution in [2.45, 2.75) is 25.3 Å². The van der Waals surface area contributed by atoms with E-state index < -0.39 is 5.54 Å². The number of ether oxygens (including phenoxy) is 1. The van der Waals surface area contributed by atoms with Crippen molar-refractivity contribution in [3.8, 4) is 0 Å². The largest absolute Gasteiger partial charge is 0.467 e. The van der Waals surface area contributed by atoms with E-state index in [0.717, 1.165) is 24.1 Å². The highest BCUT2D eigenvalue weighted by Crippen LogP contribution is 2.40. The molecule has 1 N–H and O–H groups in total. The minimum atomic E-state index is -0.457. The van der Waals surface area contributed by atoms with E-state index in [1.54, 1.807) is 0 Å². The fourth-order valence-corrected chi connectivity index (χ4v) is 1.67. The van der Waals surface area contributed by atoms with Gasteiger partial charge in [-0.3, -0.25) is 0 Å². The summed E-state index contributed by atoms with van der Waals surface area (Å²) in [6.07, 6.45) is 1.71. The average Bonchev–Trinajstić information content (AvgIpc) is 3.01. The number of nitrogens with one attached hydrogen (secondary N) is 1. The Labute approximate surface area is 89.4 Å². The van der Waals surface area contributed by atoms with E-state index in [9.17, 15) is 4.79 Å². The molecule has 1 aromatic rings. The Kier molecular flexibility index (Phi) is 2.39. The van der Waals surface area contributed by atoms with Crippen LogP contribution >= 0.6 is 0 Å². The molecule has 0 atom stereocenters. The van der Waals surface area contributed by atoms with Crippen molar-refractivity contribution < 1.29 is 9.53 Å². The maximum absolute atomic E-state index is 11.5. The third-order valence-corrected chi connectivity index (χ3v) is 2.85. The predicted octanol–water partition coefficient (Wildman–Crippen LogP) is 2.11. The van der Waals surface area contributed by atoms with Crippen LogP contribution in [0.25, 0.3) is 0 Å². The van der Waals surface area contributed by atoms with Crippen molar-refractivity contribution in [2.24, 2.45) is 0 Å². The van der Waals surface area contributed by atoms with Gasteiger partial charge in [-0.25, -0.2) is 4.79 Å². The number of aryl methyl sites for hydroxylation is 1. The molecule has 0 bridgehead atoms. The van der Waals surface area contributed by atoms with Gasteiger partial charge in [-0.15, -0.1) is 0 Å². The summed E-state index contributed by atoms with van der Waals surface area (Å²) in [5, 5.41) is 3.27. The Balaban J connectivity index is 2.16. The lowest BCUT2D eigenvalue weighted by Gasteiger charge is -2.17. The van der Waals surface area contributed by atoms with Crippen LogP contribution in [0.2, 0.25) is 0 Å². The van der Waals surface area contributed by atoms with E-state index in [0.29, 0.717) is 0 Å². The summed E-state index contributed by atoms with van der Waals surface area (Å²) in [6.45, 7) is 2.02. The predicted molar refractivity (Wildman–Crippen MR) is 58.8 cm³/mol. The van der Waals surface area contributed by atoms with Crippen molar-refractivity contribution in [3.05, 3.63) is 29.8 Å². The molecular weight excluding hydrogens is 190 g/mol. The molecule has 1 aromatic carbocycles. The SMILES string of the molecule is COC(=O)C1(Nc2ccccc2C)CC1. The second-order valence-corrected chi connectivity index (χ2v) is 4.01. The van der Waals surface area contributed by atoms with E-state index in [1.165, 1.54) is 7.11 Å². The van der Waals surface area contributed by atoms with Gasteiger partial charge in [-0.05, 0) is 31.4 Å². The highest BCUT2D eigenvalue weighted by Gasteiger charge is 2.51. The molecule has 80 valence electrons. The van der Waals surface area contributed by atoms with Crippen LogP contribution in [-0.2, 0) is 9.53 Å². The first kappa shape index (κ1) is 10.0. The topological polar surface area (TPSA) is 38.3 Å². The van der Waals surface area contributed by atoms with Crippen LogP contribution in [0.1, 0.15) is 18.4 Å². The molecule has 1 aliphatic carbocycles. The zero-order valence-corrected chi connectivity index (χ0v) is 9.04. The fraction of sp³-hybridized carbons (Fsp3) is 0.417. The molecule has 0 radical (unpaired) electrons. The van der Waals surface area contributed by atoms with Crippen molar-refractivity contribution in [1.29, 1.82) is 0 Å². The van der Waals surface area contributed by atoms with Crippen molar-refractivity contribution >= 4 is 11.7 Å². The molecule has 0 saturated heterocycles. The Hall–Kier alpha value is -1.51. The number of hydrogen-bond acceptors (Lipinski definition) is 3. The number of esters is 1. The molecule has 3 nitrogen and oxygen atoms in total. The quantitative estimate of drug-likeness (QED) is 0.768. The van der Waals surface area contributed by atoms with E-state index in [-0.39, 0.29) is 5.97 Å². The minimum Gasteiger partial charge on any atom is -0.467 e. The molecule has 0 amide bonds. The fourth-order valence-electron chi connectivity index (χ4n) is 1.67. The molecule has 1 fully saturated rings. The first-order chi connectivity index (χ1) is 7.18. The van der Waals surface area contributed by atoms with Crippen LogP contribution in [-0.4, -0.2) is 18.6 Å². The number of benzene rings is 1. The van der Waals surface area contributed by atoms with E-state index >= 15 is 0 Å². The molecule has 2 rings (SSSR count). The average molecular weight is 205 g/mol. The summed E-state index contributed by atoms with van der Waals surface area (Å²) in [6, 6.07) is 7.95. The molecule has 1 aliphatic rings. The van der Waals surface area contributed by atoms with Gasteiger partial charge in [0.1, 0.15) is 5.54 Å². The highest BCUT2D eigenvalue weighted by molar-refractivity contribution is 5.88. The number of rotatable bonds is 3. The Bertz CT molecular complexity index is 383. The maximum Gasteiger partial charge on any atom is 0.331 e. The summed E-state index contributed by atoms with van der Waals surface area (Å²) < 4.78 is 4.79. The van der Waals surface area contributed by atoms with Crippen LogP contribution in [0.15, 0.2) is 24.3 Å². The van der Waals surface area contributed by atoms with Gasteiger partial charge in [-0.1, -0.05) is 18.2 Å². The van der Waals surface area contributed by atoms with Gasteiger partial charge >= 0.3 is 5.97 Å². The van der Waals surface area contributed by atoms with Crippen LogP contribution in [0, 0.1) is 6.92 Å². The Morgan fingerprint density at radius 3 is 2.60 bits per heavy atom. The molecule has 0 heterocycles. The molecule has 1 saturated carbocycles. The molecule has 0 aliphatic heterocycles. The van der Waals surface area contributed by atoms with Crippen LogP contribution in [0.3, 0.4) is 0 Å². The van der Waals surface area contributed by atoms with E-state index in [4.69, 9.17) is 4.74 Å². The third-order valence-electron chi connectivity index (χ3n) is 2.85. The summed E-state index contributed by atoms with van der Waals surface area (Å²) in [7, 11) is 1.43. The van der Waals surface area contributed by atoms with Crippen LogP contribution in [0.4, 0.5) is 5.69 Å². The third kappa shape index (κ3) is 1.82. The molecule has 0 unspecified atom stereocenters. The zero-order valence-electron chi connectivity index (χ0n) is 9.04. The number of carbonyl (C=O) groups is 1. The summed E-state index contributed by atoms with van der Waals surface area (Å²) in [5.74, 6) is -0.161. The highest BCUT2D eigenvalue weighted by atomic mass is 16.5. The lowest BCUT2D eigenvalue weighted by Crippen LogP contribution is -2.33. The zero-order chi connectivity index (χ0) is 10.9. The lowest BCUT2D eigenvalue weighted by atomic mass is 10.1. The number of methoxy groups -OCH3 is 1. The summed E-state index contributed by atoms with van der Waals surface area (Å²) in [4.78, 5) is 11.5. The van der Waals surface area contributed by atoms with Gasteiger partial charge in [0.25, 0.3) is 0 Å². The first-order valence-electron chi connectivity index (χ1n) is 5.10. The maximum atomic E-state index is 11.5. The summed E-state index contributed by atoms with van der Waals surface area (Å²) >= 11 is 0. The minimum absolute atomic E-state index is 0.161.